The zero-order valence-electron chi connectivity index (χ0n) is 21.1. The molecule has 2 aliphatic carbocycles. The van der Waals surface area contributed by atoms with Crippen molar-refractivity contribution in [3.8, 4) is 0 Å². The van der Waals surface area contributed by atoms with Gasteiger partial charge in [0.15, 0.2) is 6.15 Å². The molecule has 0 bridgehead atoms. The molecule has 5 heteroatoms. The molecule has 0 saturated heterocycles. The normalized spacial score (nSPS) is 29.4. The van der Waals surface area contributed by atoms with Crippen molar-refractivity contribution < 1.29 is 9.47 Å². The predicted octanol–water partition coefficient (Wildman–Crippen LogP) is 6.87. The number of nitrogens with zero attached hydrogens (tertiary/aromatic N) is 2. The van der Waals surface area contributed by atoms with Crippen molar-refractivity contribution in [1.29, 1.82) is 0 Å². The van der Waals surface area contributed by atoms with Crippen LogP contribution in [0.4, 0.5) is 0 Å². The Morgan fingerprint density at radius 3 is 1.26 bits per heavy atom. The lowest BCUT2D eigenvalue weighted by molar-refractivity contribution is 0.234. The Balaban J connectivity index is 1.83. The van der Waals surface area contributed by atoms with Crippen LogP contribution in [0.3, 0.4) is 0 Å². The quantitative estimate of drug-likeness (QED) is 0.458. The van der Waals surface area contributed by atoms with E-state index in [1.807, 2.05) is 0 Å². The monoisotopic (exact) mass is 429 g/mol. The van der Waals surface area contributed by atoms with E-state index in [0.717, 1.165) is 24.8 Å². The molecular formula is C26H46BN2O2-. The topological polar surface area (TPSA) is 43.2 Å². The summed E-state index contributed by atoms with van der Waals surface area (Å²) in [5.41, 5.74) is 0.240. The van der Waals surface area contributed by atoms with Crippen LogP contribution in [0.5, 0.6) is 0 Å². The molecule has 31 heavy (non-hydrogen) atoms. The molecule has 2 saturated carbocycles. The molecule has 176 valence electrons. The number of ether oxygens (including phenoxy) is 2. The standard InChI is InChI=1S/C26H46BN2O2/c1-25(2,3)21-17-30-23(28-21)27(19-13-9-7-10-14-19,20-15-11-8-12-16-20)24-29-22(18-31-24)26(4,5)6/h19-22H,7-18H2,1-6H3/q-1/t21-,22-/m1/s1. The lowest BCUT2D eigenvalue weighted by atomic mass is 9.10. The Bertz CT molecular complexity index is 631. The minimum atomic E-state index is -1.18. The Kier molecular flexibility index (Phi) is 6.54. The first-order valence-corrected chi connectivity index (χ1v) is 13.2. The first-order chi connectivity index (χ1) is 14.6. The van der Waals surface area contributed by atoms with Gasteiger partial charge in [-0.05, 0) is 10.8 Å². The number of aliphatic imine (C=N–C) groups is 2. The van der Waals surface area contributed by atoms with Crippen LogP contribution < -0.4 is 0 Å². The van der Waals surface area contributed by atoms with Crippen molar-refractivity contribution in [2.45, 2.75) is 129 Å². The molecular weight excluding hydrogens is 383 g/mol. The Morgan fingerprint density at radius 1 is 0.613 bits per heavy atom. The van der Waals surface area contributed by atoms with Crippen LogP contribution in [-0.4, -0.2) is 43.0 Å². The molecule has 0 spiro atoms. The van der Waals surface area contributed by atoms with Gasteiger partial charge in [-0.25, -0.2) is 0 Å². The summed E-state index contributed by atoms with van der Waals surface area (Å²) in [4.78, 5) is 10.8. The second kappa shape index (κ2) is 8.74. The molecule has 2 heterocycles. The Labute approximate surface area is 191 Å². The van der Waals surface area contributed by atoms with E-state index in [1.54, 1.807) is 0 Å². The maximum atomic E-state index is 6.61. The van der Waals surface area contributed by atoms with Crippen molar-refractivity contribution in [3.63, 3.8) is 0 Å². The van der Waals surface area contributed by atoms with E-state index in [4.69, 9.17) is 19.5 Å². The molecule has 4 aliphatic rings. The minimum Gasteiger partial charge on any atom is -0.519 e. The predicted molar refractivity (Wildman–Crippen MR) is 133 cm³/mol. The first kappa shape index (κ1) is 23.2. The average molecular weight is 429 g/mol. The van der Waals surface area contributed by atoms with Crippen LogP contribution in [0.1, 0.15) is 106 Å². The second-order valence-electron chi connectivity index (χ2n) is 13.1. The molecule has 0 unspecified atom stereocenters. The van der Waals surface area contributed by atoms with E-state index < -0.39 is 6.15 Å². The van der Waals surface area contributed by atoms with Gasteiger partial charge in [0.2, 0.25) is 0 Å². The molecule has 0 amide bonds. The van der Waals surface area contributed by atoms with Crippen LogP contribution in [0.25, 0.3) is 0 Å². The fourth-order valence-electron chi connectivity index (χ4n) is 6.81. The van der Waals surface area contributed by atoms with Gasteiger partial charge in [-0.15, -0.1) is 11.6 Å². The van der Waals surface area contributed by atoms with Crippen molar-refractivity contribution in [2.24, 2.45) is 20.8 Å². The van der Waals surface area contributed by atoms with Gasteiger partial charge >= 0.3 is 0 Å². The van der Waals surface area contributed by atoms with Crippen molar-refractivity contribution in [1.82, 2.24) is 0 Å². The smallest absolute Gasteiger partial charge is 0.186 e. The zero-order valence-corrected chi connectivity index (χ0v) is 21.1. The molecule has 2 fully saturated rings. The van der Waals surface area contributed by atoms with E-state index >= 15 is 0 Å². The highest BCUT2D eigenvalue weighted by molar-refractivity contribution is 7.26. The summed E-state index contributed by atoms with van der Waals surface area (Å²) < 4.78 is 13.2. The second-order valence-corrected chi connectivity index (χ2v) is 13.1. The molecule has 0 N–H and O–H groups in total. The summed E-state index contributed by atoms with van der Waals surface area (Å²) in [5.74, 6) is 3.30. The van der Waals surface area contributed by atoms with Crippen LogP contribution in [-0.2, 0) is 9.47 Å². The third-order valence-electron chi connectivity index (χ3n) is 8.95. The Morgan fingerprint density at radius 2 is 0.968 bits per heavy atom. The number of rotatable bonds is 4. The van der Waals surface area contributed by atoms with Gasteiger partial charge in [0.05, 0.1) is 12.1 Å². The maximum Gasteiger partial charge on any atom is 0.186 e. The average Bonchev–Trinajstić information content (AvgIpc) is 3.41. The number of hydrogen-bond acceptors (Lipinski definition) is 4. The first-order valence-electron chi connectivity index (χ1n) is 13.2. The maximum absolute atomic E-state index is 6.61. The summed E-state index contributed by atoms with van der Waals surface area (Å²) in [5, 5.41) is 0. The van der Waals surface area contributed by atoms with E-state index in [0.29, 0.717) is 11.6 Å². The summed E-state index contributed by atoms with van der Waals surface area (Å²) in [6.07, 6.45) is 12.0. The summed E-state index contributed by atoms with van der Waals surface area (Å²) in [6.45, 7) is 15.2. The number of hydrogen-bond donors (Lipinski definition) is 0. The van der Waals surface area contributed by atoms with E-state index in [-0.39, 0.29) is 22.9 Å². The van der Waals surface area contributed by atoms with Gasteiger partial charge in [-0.3, -0.25) is 9.98 Å². The largest absolute Gasteiger partial charge is 0.519 e. The molecule has 4 rings (SSSR count). The van der Waals surface area contributed by atoms with Crippen LogP contribution in [0.15, 0.2) is 9.98 Å². The fourth-order valence-corrected chi connectivity index (χ4v) is 6.81. The molecule has 2 aliphatic heterocycles. The van der Waals surface area contributed by atoms with E-state index in [9.17, 15) is 0 Å². The van der Waals surface area contributed by atoms with Gasteiger partial charge in [0.25, 0.3) is 0 Å². The van der Waals surface area contributed by atoms with Crippen molar-refractivity contribution >= 4 is 17.7 Å². The van der Waals surface area contributed by atoms with Gasteiger partial charge in [0.1, 0.15) is 13.2 Å². The van der Waals surface area contributed by atoms with Crippen LogP contribution >= 0.6 is 0 Å². The highest BCUT2D eigenvalue weighted by Gasteiger charge is 2.53. The minimum absolute atomic E-state index is 0.120. The van der Waals surface area contributed by atoms with E-state index in [1.165, 1.54) is 64.2 Å². The molecule has 0 aromatic heterocycles. The molecule has 0 radical (unpaired) electrons. The fraction of sp³-hybridized carbons (Fsp3) is 0.923. The third kappa shape index (κ3) is 4.44. The lowest BCUT2D eigenvalue weighted by Gasteiger charge is -2.53. The van der Waals surface area contributed by atoms with Gasteiger partial charge in [0, 0.05) is 11.6 Å². The van der Waals surface area contributed by atoms with Crippen molar-refractivity contribution in [3.05, 3.63) is 0 Å². The Hall–Kier alpha value is -0.995. The molecule has 4 nitrogen and oxygen atoms in total. The van der Waals surface area contributed by atoms with E-state index in [2.05, 4.69) is 41.5 Å². The SMILES string of the molecule is CC(C)(C)[C@H]1COC([B-](C2=N[C@@H](C(C)(C)C)CO2)(C2CCCCC2)C2CCCCC2)=N1. The lowest BCUT2D eigenvalue weighted by Crippen LogP contribution is -2.61. The third-order valence-corrected chi connectivity index (χ3v) is 8.95. The zero-order chi connectivity index (χ0) is 22.3. The summed E-state index contributed by atoms with van der Waals surface area (Å²) in [6, 6.07) is 0.465. The molecule has 0 aromatic carbocycles. The van der Waals surface area contributed by atoms with Gasteiger partial charge < -0.3 is 9.47 Å². The summed E-state index contributed by atoms with van der Waals surface area (Å²) in [7, 11) is 0. The van der Waals surface area contributed by atoms with Crippen LogP contribution in [0, 0.1) is 10.8 Å². The van der Waals surface area contributed by atoms with Gasteiger partial charge in [-0.1, -0.05) is 106 Å². The highest BCUT2D eigenvalue weighted by atomic mass is 16.5. The van der Waals surface area contributed by atoms with Crippen LogP contribution in [0.2, 0.25) is 11.6 Å². The highest BCUT2D eigenvalue weighted by Crippen LogP contribution is 2.52. The van der Waals surface area contributed by atoms with Crippen molar-refractivity contribution in [2.75, 3.05) is 13.2 Å². The molecule has 2 atom stereocenters. The van der Waals surface area contributed by atoms with Gasteiger partial charge in [-0.2, -0.15) is 0 Å². The summed E-state index contributed by atoms with van der Waals surface area (Å²) >= 11 is 0. The molecule has 0 aromatic rings.